The van der Waals surface area contributed by atoms with Gasteiger partial charge in [0.1, 0.15) is 11.6 Å². The van der Waals surface area contributed by atoms with Gasteiger partial charge in [-0.2, -0.15) is 0 Å². The molecule has 2 heterocycles. The lowest BCUT2D eigenvalue weighted by Crippen LogP contribution is -2.68. The number of carbonyl (C=O) groups is 2. The number of nitrogens with zero attached hydrogens (tertiary/aromatic N) is 1. The van der Waals surface area contributed by atoms with E-state index in [1.54, 1.807) is 18.3 Å². The van der Waals surface area contributed by atoms with Gasteiger partial charge in [-0.15, -0.1) is 0 Å². The number of carbonyl (C=O) groups excluding carboxylic acids is 2. The van der Waals surface area contributed by atoms with Gasteiger partial charge in [-0.05, 0) is 25.0 Å². The minimum Gasteiger partial charge on any atom is -0.397 e. The van der Waals surface area contributed by atoms with Crippen LogP contribution in [0.1, 0.15) is 31.4 Å². The molecule has 1 saturated carbocycles. The highest BCUT2D eigenvalue weighted by Crippen LogP contribution is 2.31. The molecule has 106 valence electrons. The van der Waals surface area contributed by atoms with Gasteiger partial charge in [0, 0.05) is 12.1 Å². The van der Waals surface area contributed by atoms with Crippen LogP contribution in [0.2, 0.25) is 0 Å². The maximum absolute atomic E-state index is 12.3. The normalized spacial score (nSPS) is 24.5. The number of anilines is 1. The summed E-state index contributed by atoms with van der Waals surface area (Å²) in [6.45, 7) is 0. The van der Waals surface area contributed by atoms with Gasteiger partial charge < -0.3 is 16.4 Å². The summed E-state index contributed by atoms with van der Waals surface area (Å²) in [5.74, 6) is -0.180. The van der Waals surface area contributed by atoms with Crippen molar-refractivity contribution in [3.8, 4) is 0 Å². The summed E-state index contributed by atoms with van der Waals surface area (Å²) >= 11 is 0. The minimum absolute atomic E-state index is 0.0601. The van der Waals surface area contributed by atoms with Crippen molar-refractivity contribution < 1.29 is 9.59 Å². The molecule has 1 unspecified atom stereocenters. The fraction of sp³-hybridized carbons (Fsp3) is 0.500. The summed E-state index contributed by atoms with van der Waals surface area (Å²) < 4.78 is 0. The highest BCUT2D eigenvalue weighted by atomic mass is 16.2. The lowest BCUT2D eigenvalue weighted by molar-refractivity contribution is -0.141. The van der Waals surface area contributed by atoms with Crippen molar-refractivity contribution in [1.29, 1.82) is 0 Å². The Balaban J connectivity index is 1.71. The molecule has 0 bridgehead atoms. The van der Waals surface area contributed by atoms with E-state index >= 15 is 0 Å². The molecule has 4 N–H and O–H groups in total. The number of aromatic nitrogens is 1. The van der Waals surface area contributed by atoms with E-state index in [1.165, 1.54) is 0 Å². The van der Waals surface area contributed by atoms with Crippen LogP contribution in [-0.2, 0) is 16.0 Å². The van der Waals surface area contributed by atoms with Crippen LogP contribution in [0.4, 0.5) is 5.69 Å². The second-order valence-electron chi connectivity index (χ2n) is 5.59. The molecular formula is C14H18N4O2. The molecule has 1 aromatic heterocycles. The summed E-state index contributed by atoms with van der Waals surface area (Å²) in [7, 11) is 0. The molecule has 1 aliphatic carbocycles. The Hall–Kier alpha value is -2.11. The molecule has 1 spiro atoms. The molecule has 6 heteroatoms. The zero-order valence-corrected chi connectivity index (χ0v) is 11.2. The van der Waals surface area contributed by atoms with Crippen molar-refractivity contribution in [3.05, 3.63) is 24.0 Å². The summed E-state index contributed by atoms with van der Waals surface area (Å²) in [4.78, 5) is 28.6. The third kappa shape index (κ3) is 2.21. The first-order valence-corrected chi connectivity index (χ1v) is 6.92. The highest BCUT2D eigenvalue weighted by Gasteiger charge is 2.47. The lowest BCUT2D eigenvalue weighted by atomic mass is 9.91. The average Bonchev–Trinajstić information content (AvgIpc) is 2.88. The van der Waals surface area contributed by atoms with Crippen LogP contribution in [-0.4, -0.2) is 28.4 Å². The van der Waals surface area contributed by atoms with E-state index in [0.29, 0.717) is 12.1 Å². The van der Waals surface area contributed by atoms with Crippen LogP contribution in [0.5, 0.6) is 0 Å². The topological polar surface area (TPSA) is 97.1 Å². The van der Waals surface area contributed by atoms with Gasteiger partial charge in [0.2, 0.25) is 11.8 Å². The minimum atomic E-state index is -0.665. The Morgan fingerprint density at radius 3 is 2.70 bits per heavy atom. The Morgan fingerprint density at radius 1 is 1.30 bits per heavy atom. The second kappa shape index (κ2) is 4.77. The third-order valence-electron chi connectivity index (χ3n) is 4.14. The number of pyridine rings is 1. The zero-order chi connectivity index (χ0) is 14.2. The van der Waals surface area contributed by atoms with Gasteiger partial charge in [-0.1, -0.05) is 12.8 Å². The predicted octanol–water partition coefficient (Wildman–Crippen LogP) is 0.134. The van der Waals surface area contributed by atoms with Gasteiger partial charge in [0.15, 0.2) is 0 Å². The maximum atomic E-state index is 12.3. The van der Waals surface area contributed by atoms with E-state index in [0.717, 1.165) is 31.4 Å². The fourth-order valence-corrected chi connectivity index (χ4v) is 2.98. The Labute approximate surface area is 117 Å². The van der Waals surface area contributed by atoms with Crippen molar-refractivity contribution in [2.75, 3.05) is 5.73 Å². The molecule has 3 rings (SSSR count). The Morgan fingerprint density at radius 2 is 2.05 bits per heavy atom. The molecule has 1 aliphatic heterocycles. The van der Waals surface area contributed by atoms with E-state index in [9.17, 15) is 9.59 Å². The van der Waals surface area contributed by atoms with E-state index in [1.807, 2.05) is 0 Å². The summed E-state index contributed by atoms with van der Waals surface area (Å²) in [5, 5.41) is 5.76. The number of piperazine rings is 1. The van der Waals surface area contributed by atoms with Gasteiger partial charge in [0.05, 0.1) is 11.9 Å². The SMILES string of the molecule is Nc1ccc(CC2NC(=O)C3(CCCC3)NC2=O)nc1. The van der Waals surface area contributed by atoms with E-state index in [2.05, 4.69) is 15.6 Å². The number of nitrogens with two attached hydrogens (primary N) is 1. The largest absolute Gasteiger partial charge is 0.397 e. The van der Waals surface area contributed by atoms with Gasteiger partial charge in [0.25, 0.3) is 0 Å². The Kier molecular flexibility index (Phi) is 3.08. The standard InChI is InChI=1S/C14H18N4O2/c15-9-3-4-10(16-8-9)7-11-12(19)18-14(13(20)17-11)5-1-2-6-14/h3-4,8,11H,1-2,5-7,15H2,(H,17,20)(H,18,19). The molecule has 1 aromatic rings. The van der Waals surface area contributed by atoms with E-state index in [-0.39, 0.29) is 11.8 Å². The van der Waals surface area contributed by atoms with Crippen LogP contribution < -0.4 is 16.4 Å². The van der Waals surface area contributed by atoms with Gasteiger partial charge in [-0.25, -0.2) is 0 Å². The predicted molar refractivity (Wildman–Crippen MR) is 73.6 cm³/mol. The number of nitrogen functional groups attached to an aromatic ring is 1. The van der Waals surface area contributed by atoms with Crippen LogP contribution >= 0.6 is 0 Å². The maximum Gasteiger partial charge on any atom is 0.246 e. The molecule has 2 aliphatic rings. The van der Waals surface area contributed by atoms with E-state index < -0.39 is 11.6 Å². The fourth-order valence-electron chi connectivity index (χ4n) is 2.98. The zero-order valence-electron chi connectivity index (χ0n) is 11.2. The number of amides is 2. The molecular weight excluding hydrogens is 256 g/mol. The van der Waals surface area contributed by atoms with Crippen LogP contribution in [0.25, 0.3) is 0 Å². The molecule has 0 radical (unpaired) electrons. The first-order chi connectivity index (χ1) is 9.59. The van der Waals surface area contributed by atoms with E-state index in [4.69, 9.17) is 5.73 Å². The number of hydrogen-bond acceptors (Lipinski definition) is 4. The summed E-state index contributed by atoms with van der Waals surface area (Å²) in [5.41, 5.74) is 6.23. The lowest BCUT2D eigenvalue weighted by Gasteiger charge is -2.37. The molecule has 0 aromatic carbocycles. The highest BCUT2D eigenvalue weighted by molar-refractivity contribution is 6.00. The number of nitrogens with one attached hydrogen (secondary N) is 2. The van der Waals surface area contributed by atoms with Crippen molar-refractivity contribution in [3.63, 3.8) is 0 Å². The summed E-state index contributed by atoms with van der Waals surface area (Å²) in [6, 6.07) is 2.96. The molecule has 1 saturated heterocycles. The third-order valence-corrected chi connectivity index (χ3v) is 4.14. The first kappa shape index (κ1) is 12.9. The molecule has 2 fully saturated rings. The quantitative estimate of drug-likeness (QED) is 0.714. The number of rotatable bonds is 2. The second-order valence-corrected chi connectivity index (χ2v) is 5.59. The smallest absolute Gasteiger partial charge is 0.246 e. The van der Waals surface area contributed by atoms with Crippen molar-refractivity contribution in [1.82, 2.24) is 15.6 Å². The van der Waals surface area contributed by atoms with Gasteiger partial charge in [-0.3, -0.25) is 14.6 Å². The van der Waals surface area contributed by atoms with Crippen molar-refractivity contribution >= 4 is 17.5 Å². The van der Waals surface area contributed by atoms with Crippen LogP contribution in [0.15, 0.2) is 18.3 Å². The Bertz CT molecular complexity index is 535. The average molecular weight is 274 g/mol. The summed E-state index contributed by atoms with van der Waals surface area (Å²) in [6.07, 6.45) is 5.37. The molecule has 6 nitrogen and oxygen atoms in total. The molecule has 1 atom stereocenters. The van der Waals surface area contributed by atoms with Crippen molar-refractivity contribution in [2.24, 2.45) is 0 Å². The van der Waals surface area contributed by atoms with Crippen molar-refractivity contribution in [2.45, 2.75) is 43.7 Å². The monoisotopic (exact) mass is 274 g/mol. The molecule has 20 heavy (non-hydrogen) atoms. The molecule has 2 amide bonds. The van der Waals surface area contributed by atoms with Gasteiger partial charge >= 0.3 is 0 Å². The number of hydrogen-bond donors (Lipinski definition) is 3. The van der Waals surface area contributed by atoms with Crippen LogP contribution in [0, 0.1) is 0 Å². The first-order valence-electron chi connectivity index (χ1n) is 6.92. The van der Waals surface area contributed by atoms with Crippen LogP contribution in [0.3, 0.4) is 0 Å².